The first-order valence-corrected chi connectivity index (χ1v) is 9.39. The van der Waals surface area contributed by atoms with E-state index in [0.717, 1.165) is 18.7 Å². The molecule has 0 radical (unpaired) electrons. The smallest absolute Gasteiger partial charge is 0.337 e. The van der Waals surface area contributed by atoms with E-state index in [9.17, 15) is 13.2 Å². The second-order valence-electron chi connectivity index (χ2n) is 6.00. The summed E-state index contributed by atoms with van der Waals surface area (Å²) in [6.45, 7) is 3.53. The highest BCUT2D eigenvalue weighted by Crippen LogP contribution is 2.20. The van der Waals surface area contributed by atoms with Gasteiger partial charge in [0.1, 0.15) is 0 Å². The van der Waals surface area contributed by atoms with Crippen LogP contribution in [0, 0.1) is 6.92 Å². The number of carbonyl (C=O) groups excluding carboxylic acids is 1. The van der Waals surface area contributed by atoms with E-state index in [1.807, 2.05) is 18.2 Å². The fourth-order valence-corrected chi connectivity index (χ4v) is 4.13. The number of halogens is 1. The van der Waals surface area contributed by atoms with Crippen LogP contribution in [-0.4, -0.2) is 21.5 Å². The predicted octanol–water partition coefficient (Wildman–Crippen LogP) is 2.29. The molecule has 1 aliphatic rings. The van der Waals surface area contributed by atoms with Crippen molar-refractivity contribution < 1.29 is 17.9 Å². The Bertz CT molecular complexity index is 929. The molecule has 0 bridgehead atoms. The lowest BCUT2D eigenvalue weighted by atomic mass is 10.1. The van der Waals surface area contributed by atoms with Gasteiger partial charge in [0.15, 0.2) is 0 Å². The molecule has 2 aromatic rings. The molecule has 2 N–H and O–H groups in total. The van der Waals surface area contributed by atoms with E-state index in [1.165, 1.54) is 24.3 Å². The summed E-state index contributed by atoms with van der Waals surface area (Å²) in [5, 5.41) is 3.26. The fraction of sp³-hybridized carbons (Fsp3) is 0.278. The van der Waals surface area contributed by atoms with E-state index in [4.69, 9.17) is 0 Å². The first-order chi connectivity index (χ1) is 11.9. The molecular formula is C18H21ClN2O4S. The zero-order chi connectivity index (χ0) is 18.0. The van der Waals surface area contributed by atoms with Gasteiger partial charge in [-0.3, -0.25) is 0 Å². The molecule has 2 aromatic carbocycles. The lowest BCUT2D eigenvalue weighted by molar-refractivity contribution is 0.0600. The van der Waals surface area contributed by atoms with Crippen molar-refractivity contribution in [3.8, 4) is 0 Å². The van der Waals surface area contributed by atoms with Crippen LogP contribution in [0.1, 0.15) is 32.6 Å². The van der Waals surface area contributed by atoms with Crippen molar-refractivity contribution in [2.45, 2.75) is 31.5 Å². The SMILES string of the molecule is COC(=O)c1ccc(C)c(S(=O)(=O)NCc2ccc3c(c2)CNC3)c1.Cl. The number of nitrogens with one attached hydrogen (secondary N) is 2. The molecule has 1 heterocycles. The first-order valence-electron chi connectivity index (χ1n) is 7.91. The zero-order valence-corrected chi connectivity index (χ0v) is 16.2. The molecule has 0 saturated heterocycles. The minimum atomic E-state index is -3.74. The average Bonchev–Trinajstić information content (AvgIpc) is 3.07. The maximum atomic E-state index is 12.6. The van der Waals surface area contributed by atoms with Crippen LogP contribution in [0.25, 0.3) is 0 Å². The summed E-state index contributed by atoms with van der Waals surface area (Å²) in [5.74, 6) is -0.567. The van der Waals surface area contributed by atoms with E-state index in [-0.39, 0.29) is 29.4 Å². The van der Waals surface area contributed by atoms with Gasteiger partial charge in [-0.25, -0.2) is 17.9 Å². The van der Waals surface area contributed by atoms with Crippen LogP contribution in [0.5, 0.6) is 0 Å². The van der Waals surface area contributed by atoms with Crippen LogP contribution in [0.3, 0.4) is 0 Å². The summed E-state index contributed by atoms with van der Waals surface area (Å²) in [6.07, 6.45) is 0. The second kappa shape index (κ2) is 8.18. The molecule has 0 amide bonds. The Kier molecular flexibility index (Phi) is 6.41. The monoisotopic (exact) mass is 396 g/mol. The van der Waals surface area contributed by atoms with Gasteiger partial charge in [0.05, 0.1) is 17.6 Å². The molecule has 0 aromatic heterocycles. The number of hydrogen-bond acceptors (Lipinski definition) is 5. The number of esters is 1. The maximum absolute atomic E-state index is 12.6. The Hall–Kier alpha value is -1.93. The van der Waals surface area contributed by atoms with Gasteiger partial charge in [-0.15, -0.1) is 12.4 Å². The highest BCUT2D eigenvalue weighted by molar-refractivity contribution is 7.89. The Morgan fingerprint density at radius 2 is 1.88 bits per heavy atom. The van der Waals surface area contributed by atoms with Gasteiger partial charge in [0.25, 0.3) is 0 Å². The van der Waals surface area contributed by atoms with Crippen LogP contribution in [0.2, 0.25) is 0 Å². The van der Waals surface area contributed by atoms with Crippen LogP contribution < -0.4 is 10.0 Å². The van der Waals surface area contributed by atoms with Crippen molar-refractivity contribution in [1.82, 2.24) is 10.0 Å². The Labute approximate surface area is 159 Å². The minimum Gasteiger partial charge on any atom is -0.465 e. The van der Waals surface area contributed by atoms with E-state index in [0.29, 0.717) is 5.56 Å². The van der Waals surface area contributed by atoms with Gasteiger partial charge in [-0.1, -0.05) is 24.3 Å². The van der Waals surface area contributed by atoms with Crippen molar-refractivity contribution in [3.05, 3.63) is 64.2 Å². The van der Waals surface area contributed by atoms with Crippen molar-refractivity contribution in [2.75, 3.05) is 7.11 Å². The number of ether oxygens (including phenoxy) is 1. The molecule has 0 saturated carbocycles. The molecule has 140 valence electrons. The van der Waals surface area contributed by atoms with E-state index >= 15 is 0 Å². The standard InChI is InChI=1S/C18H20N2O4S.ClH/c1-12-3-5-14(18(21)24-2)8-17(12)25(22,23)20-9-13-4-6-15-10-19-11-16(15)7-13;/h3-8,19-20H,9-11H2,1-2H3;1H. The zero-order valence-electron chi connectivity index (χ0n) is 14.5. The number of fused-ring (bicyclic) bond motifs is 1. The predicted molar refractivity (Wildman–Crippen MR) is 101 cm³/mol. The molecule has 0 aliphatic carbocycles. The van der Waals surface area contributed by atoms with Crippen LogP contribution in [0.15, 0.2) is 41.3 Å². The van der Waals surface area contributed by atoms with Gasteiger partial charge in [0.2, 0.25) is 10.0 Å². The molecule has 8 heteroatoms. The summed E-state index contributed by atoms with van der Waals surface area (Å²) in [4.78, 5) is 11.7. The lowest BCUT2D eigenvalue weighted by Gasteiger charge is -2.11. The van der Waals surface area contributed by atoms with Gasteiger partial charge in [-0.2, -0.15) is 0 Å². The number of carbonyl (C=O) groups is 1. The highest BCUT2D eigenvalue weighted by Gasteiger charge is 2.19. The van der Waals surface area contributed by atoms with Crippen LogP contribution >= 0.6 is 12.4 Å². The van der Waals surface area contributed by atoms with Gasteiger partial charge < -0.3 is 10.1 Å². The van der Waals surface area contributed by atoms with Crippen LogP contribution in [0.4, 0.5) is 0 Å². The number of rotatable bonds is 5. The van der Waals surface area contributed by atoms with Crippen molar-refractivity contribution in [3.63, 3.8) is 0 Å². The number of hydrogen-bond donors (Lipinski definition) is 2. The van der Waals surface area contributed by atoms with E-state index < -0.39 is 16.0 Å². The normalized spacial score (nSPS) is 13.0. The largest absolute Gasteiger partial charge is 0.465 e. The quantitative estimate of drug-likeness (QED) is 0.757. The third-order valence-corrected chi connectivity index (χ3v) is 5.81. The average molecular weight is 397 g/mol. The van der Waals surface area contributed by atoms with Crippen molar-refractivity contribution in [2.24, 2.45) is 0 Å². The van der Waals surface area contributed by atoms with Gasteiger partial charge in [-0.05, 0) is 41.3 Å². The third-order valence-electron chi connectivity index (χ3n) is 4.27. The minimum absolute atomic E-state index is 0. The summed E-state index contributed by atoms with van der Waals surface area (Å²) < 4.78 is 32.6. The number of benzene rings is 2. The van der Waals surface area contributed by atoms with Gasteiger partial charge >= 0.3 is 5.97 Å². The summed E-state index contributed by atoms with van der Waals surface area (Å²) in [6, 6.07) is 10.4. The lowest BCUT2D eigenvalue weighted by Crippen LogP contribution is -2.24. The summed E-state index contributed by atoms with van der Waals surface area (Å²) in [7, 11) is -2.48. The topological polar surface area (TPSA) is 84.5 Å². The maximum Gasteiger partial charge on any atom is 0.337 e. The molecule has 6 nitrogen and oxygen atoms in total. The molecule has 0 spiro atoms. The fourth-order valence-electron chi connectivity index (χ4n) is 2.85. The number of aryl methyl sites for hydroxylation is 1. The Morgan fingerprint density at radius 3 is 2.62 bits per heavy atom. The van der Waals surface area contributed by atoms with Crippen molar-refractivity contribution >= 4 is 28.4 Å². The first kappa shape index (κ1) is 20.4. The van der Waals surface area contributed by atoms with E-state index in [1.54, 1.807) is 19.1 Å². The highest BCUT2D eigenvalue weighted by atomic mass is 35.5. The van der Waals surface area contributed by atoms with E-state index in [2.05, 4.69) is 14.8 Å². The Balaban J connectivity index is 0.00000243. The molecule has 3 rings (SSSR count). The van der Waals surface area contributed by atoms with Crippen molar-refractivity contribution in [1.29, 1.82) is 0 Å². The molecule has 0 fully saturated rings. The summed E-state index contributed by atoms with van der Waals surface area (Å²) in [5.41, 5.74) is 4.11. The molecule has 26 heavy (non-hydrogen) atoms. The second-order valence-corrected chi connectivity index (χ2v) is 7.74. The van der Waals surface area contributed by atoms with Gasteiger partial charge in [0, 0.05) is 19.6 Å². The number of sulfonamides is 1. The number of methoxy groups -OCH3 is 1. The van der Waals surface area contributed by atoms with Crippen LogP contribution in [-0.2, 0) is 34.4 Å². The Morgan fingerprint density at radius 1 is 1.15 bits per heavy atom. The molecule has 0 unspecified atom stereocenters. The molecule has 1 aliphatic heterocycles. The third kappa shape index (κ3) is 4.24. The molecule has 0 atom stereocenters. The molecular weight excluding hydrogens is 376 g/mol. The summed E-state index contributed by atoms with van der Waals surface area (Å²) >= 11 is 0.